The number of imidazole rings is 1. The molecule has 2 N–H and O–H groups in total. The van der Waals surface area contributed by atoms with E-state index in [1.54, 1.807) is 0 Å². The lowest BCUT2D eigenvalue weighted by Crippen LogP contribution is -2.32. The third-order valence-electron chi connectivity index (χ3n) is 3.26. The maximum absolute atomic E-state index is 5.93. The molecule has 1 saturated carbocycles. The first-order valence-electron chi connectivity index (χ1n) is 6.16. The minimum absolute atomic E-state index is 0.324. The molecule has 0 aromatic carbocycles. The second-order valence-corrected chi connectivity index (χ2v) is 4.49. The fourth-order valence-electron chi connectivity index (χ4n) is 2.29. The van der Waals surface area contributed by atoms with Crippen LogP contribution in [0.2, 0.25) is 0 Å². The van der Waals surface area contributed by atoms with Crippen molar-refractivity contribution in [1.82, 2.24) is 9.55 Å². The van der Waals surface area contributed by atoms with Gasteiger partial charge >= 0.3 is 0 Å². The summed E-state index contributed by atoms with van der Waals surface area (Å²) in [5.41, 5.74) is 5.93. The molecule has 0 radical (unpaired) electrons. The Labute approximate surface area is 96.8 Å². The molecule has 1 aliphatic carbocycles. The zero-order chi connectivity index (χ0) is 11.4. The molecule has 16 heavy (non-hydrogen) atoms. The molecule has 0 amide bonds. The van der Waals surface area contributed by atoms with Crippen LogP contribution in [0.1, 0.15) is 38.4 Å². The van der Waals surface area contributed by atoms with Gasteiger partial charge in [-0.2, -0.15) is 0 Å². The Kier molecular flexibility index (Phi) is 3.96. The molecule has 1 aromatic rings. The highest BCUT2D eigenvalue weighted by atomic mass is 16.5. The zero-order valence-corrected chi connectivity index (χ0v) is 9.93. The van der Waals surface area contributed by atoms with Gasteiger partial charge in [0.15, 0.2) is 0 Å². The van der Waals surface area contributed by atoms with Crippen molar-refractivity contribution >= 4 is 0 Å². The standard InChI is InChI=1S/C12H21N3O/c1-2-15-7-6-14-12(15)9-16-11-5-3-4-10(13)8-11/h6-7,10-11H,2-5,8-9,13H2,1H3. The highest BCUT2D eigenvalue weighted by molar-refractivity contribution is 4.90. The Hall–Kier alpha value is -0.870. The highest BCUT2D eigenvalue weighted by Gasteiger charge is 2.20. The van der Waals surface area contributed by atoms with Gasteiger partial charge < -0.3 is 15.0 Å². The fourth-order valence-corrected chi connectivity index (χ4v) is 2.29. The van der Waals surface area contributed by atoms with Gasteiger partial charge in [-0.05, 0) is 32.6 Å². The van der Waals surface area contributed by atoms with E-state index in [2.05, 4.69) is 16.5 Å². The van der Waals surface area contributed by atoms with E-state index in [0.717, 1.165) is 31.6 Å². The van der Waals surface area contributed by atoms with Crippen molar-refractivity contribution in [1.29, 1.82) is 0 Å². The normalized spacial score (nSPS) is 25.9. The molecule has 1 fully saturated rings. The Morgan fingerprint density at radius 1 is 1.56 bits per heavy atom. The molecule has 0 saturated heterocycles. The molecule has 4 nitrogen and oxygen atoms in total. The molecule has 1 aromatic heterocycles. The number of aromatic nitrogens is 2. The summed E-state index contributed by atoms with van der Waals surface area (Å²) in [6.07, 6.45) is 8.61. The molecule has 0 aliphatic heterocycles. The van der Waals surface area contributed by atoms with E-state index >= 15 is 0 Å². The van der Waals surface area contributed by atoms with Crippen LogP contribution in [0.15, 0.2) is 12.4 Å². The number of ether oxygens (including phenoxy) is 1. The van der Waals surface area contributed by atoms with Crippen LogP contribution in [0.25, 0.3) is 0 Å². The van der Waals surface area contributed by atoms with E-state index in [-0.39, 0.29) is 0 Å². The van der Waals surface area contributed by atoms with Gasteiger partial charge in [0.25, 0.3) is 0 Å². The van der Waals surface area contributed by atoms with Crippen LogP contribution in [-0.2, 0) is 17.9 Å². The molecule has 0 spiro atoms. The van der Waals surface area contributed by atoms with Crippen molar-refractivity contribution in [2.24, 2.45) is 5.73 Å². The lowest BCUT2D eigenvalue weighted by atomic mass is 9.94. The van der Waals surface area contributed by atoms with Gasteiger partial charge in [0.05, 0.1) is 6.10 Å². The smallest absolute Gasteiger partial charge is 0.134 e. The lowest BCUT2D eigenvalue weighted by Gasteiger charge is -2.26. The Bertz CT molecular complexity index is 324. The van der Waals surface area contributed by atoms with Gasteiger partial charge in [0.1, 0.15) is 12.4 Å². The van der Waals surface area contributed by atoms with Crippen molar-refractivity contribution in [3.63, 3.8) is 0 Å². The predicted molar refractivity (Wildman–Crippen MR) is 62.9 cm³/mol. The molecule has 2 atom stereocenters. The first-order chi connectivity index (χ1) is 7.79. The Morgan fingerprint density at radius 2 is 2.44 bits per heavy atom. The molecule has 1 heterocycles. The Morgan fingerprint density at radius 3 is 3.19 bits per heavy atom. The number of nitrogens with zero attached hydrogens (tertiary/aromatic N) is 2. The van der Waals surface area contributed by atoms with Crippen molar-refractivity contribution in [3.8, 4) is 0 Å². The first kappa shape index (κ1) is 11.6. The lowest BCUT2D eigenvalue weighted by molar-refractivity contribution is 0.00785. The van der Waals surface area contributed by atoms with Gasteiger partial charge in [0, 0.05) is 25.0 Å². The van der Waals surface area contributed by atoms with Crippen LogP contribution in [0.5, 0.6) is 0 Å². The monoisotopic (exact) mass is 223 g/mol. The summed E-state index contributed by atoms with van der Waals surface area (Å²) in [7, 11) is 0. The zero-order valence-electron chi connectivity index (χ0n) is 9.93. The van der Waals surface area contributed by atoms with E-state index in [4.69, 9.17) is 10.5 Å². The largest absolute Gasteiger partial charge is 0.370 e. The summed E-state index contributed by atoms with van der Waals surface area (Å²) in [6.45, 7) is 3.67. The van der Waals surface area contributed by atoms with E-state index in [9.17, 15) is 0 Å². The SMILES string of the molecule is CCn1ccnc1COC1CCCC(N)C1. The van der Waals surface area contributed by atoms with Gasteiger partial charge in [0.2, 0.25) is 0 Å². The van der Waals surface area contributed by atoms with Crippen LogP contribution in [0.4, 0.5) is 0 Å². The summed E-state index contributed by atoms with van der Waals surface area (Å²) < 4.78 is 7.99. The van der Waals surface area contributed by atoms with Crippen LogP contribution >= 0.6 is 0 Å². The highest BCUT2D eigenvalue weighted by Crippen LogP contribution is 2.20. The Balaban J connectivity index is 1.82. The molecule has 1 aliphatic rings. The molecular weight excluding hydrogens is 202 g/mol. The third kappa shape index (κ3) is 2.83. The van der Waals surface area contributed by atoms with Crippen LogP contribution in [-0.4, -0.2) is 21.7 Å². The molecule has 2 rings (SSSR count). The number of hydrogen-bond acceptors (Lipinski definition) is 3. The van der Waals surface area contributed by atoms with E-state index in [1.165, 1.54) is 6.42 Å². The van der Waals surface area contributed by atoms with Gasteiger partial charge in [-0.1, -0.05) is 0 Å². The molecule has 0 bridgehead atoms. The molecule has 4 heteroatoms. The minimum Gasteiger partial charge on any atom is -0.370 e. The number of hydrogen-bond donors (Lipinski definition) is 1. The topological polar surface area (TPSA) is 53.1 Å². The van der Waals surface area contributed by atoms with Crippen LogP contribution < -0.4 is 5.73 Å². The summed E-state index contributed by atoms with van der Waals surface area (Å²) in [5.74, 6) is 1.02. The summed E-state index contributed by atoms with van der Waals surface area (Å²) in [6, 6.07) is 0.324. The van der Waals surface area contributed by atoms with E-state index in [1.807, 2.05) is 12.4 Å². The maximum Gasteiger partial charge on any atom is 0.134 e. The molecule has 90 valence electrons. The number of aryl methyl sites for hydroxylation is 1. The minimum atomic E-state index is 0.324. The van der Waals surface area contributed by atoms with Gasteiger partial charge in [-0.25, -0.2) is 4.98 Å². The second kappa shape index (κ2) is 5.46. The average Bonchev–Trinajstić information content (AvgIpc) is 2.74. The van der Waals surface area contributed by atoms with Crippen LogP contribution in [0.3, 0.4) is 0 Å². The third-order valence-corrected chi connectivity index (χ3v) is 3.26. The summed E-state index contributed by atoms with van der Waals surface area (Å²) in [5, 5.41) is 0. The second-order valence-electron chi connectivity index (χ2n) is 4.49. The summed E-state index contributed by atoms with van der Waals surface area (Å²) >= 11 is 0. The van der Waals surface area contributed by atoms with Crippen LogP contribution in [0, 0.1) is 0 Å². The predicted octanol–water partition coefficient (Wildman–Crippen LogP) is 1.69. The summed E-state index contributed by atoms with van der Waals surface area (Å²) in [4.78, 5) is 4.30. The van der Waals surface area contributed by atoms with Crippen molar-refractivity contribution in [3.05, 3.63) is 18.2 Å². The van der Waals surface area contributed by atoms with Gasteiger partial charge in [-0.15, -0.1) is 0 Å². The van der Waals surface area contributed by atoms with E-state index in [0.29, 0.717) is 18.8 Å². The quantitative estimate of drug-likeness (QED) is 0.845. The van der Waals surface area contributed by atoms with Gasteiger partial charge in [-0.3, -0.25) is 0 Å². The molecular formula is C12H21N3O. The number of nitrogens with two attached hydrogens (primary N) is 1. The molecule has 2 unspecified atom stereocenters. The number of rotatable bonds is 4. The fraction of sp³-hybridized carbons (Fsp3) is 0.750. The van der Waals surface area contributed by atoms with Crippen molar-refractivity contribution < 1.29 is 4.74 Å². The first-order valence-corrected chi connectivity index (χ1v) is 6.16. The van der Waals surface area contributed by atoms with Crippen molar-refractivity contribution in [2.75, 3.05) is 0 Å². The maximum atomic E-state index is 5.93. The van der Waals surface area contributed by atoms with Crippen molar-refractivity contribution in [2.45, 2.75) is 57.9 Å². The van der Waals surface area contributed by atoms with E-state index < -0.39 is 0 Å². The average molecular weight is 223 g/mol.